The normalized spacial score (nSPS) is 23.9. The van der Waals surface area contributed by atoms with Crippen LogP contribution >= 0.6 is 0 Å². The first-order valence-electron chi connectivity index (χ1n) is 15.1. The fourth-order valence-electron chi connectivity index (χ4n) is 5.62. The van der Waals surface area contributed by atoms with E-state index in [0.717, 1.165) is 69.0 Å². The van der Waals surface area contributed by atoms with Gasteiger partial charge in [-0.2, -0.15) is 0 Å². The van der Waals surface area contributed by atoms with Gasteiger partial charge in [-0.15, -0.1) is 0 Å². The van der Waals surface area contributed by atoms with Gasteiger partial charge in [0.05, 0.1) is 0 Å². The minimum Gasteiger partial charge on any atom is -0.372 e. The van der Waals surface area contributed by atoms with Crippen molar-refractivity contribution in [3.8, 4) is 0 Å². The van der Waals surface area contributed by atoms with Crippen LogP contribution in [0.2, 0.25) is 0 Å². The first kappa shape index (κ1) is 32.4. The molecule has 1 amide bonds. The molecule has 2 N–H and O–H groups in total. The number of carbonyl (C=O) groups excluding carboxylic acids is 1. The number of benzene rings is 1. The monoisotopic (exact) mass is 560 g/mol. The molecule has 0 radical (unpaired) electrons. The summed E-state index contributed by atoms with van der Waals surface area (Å²) in [5, 5.41) is 0. The van der Waals surface area contributed by atoms with E-state index in [1.807, 2.05) is 45.9 Å². The predicted octanol–water partition coefficient (Wildman–Crippen LogP) is 5.06. The Labute approximate surface area is 248 Å². The fourth-order valence-corrected chi connectivity index (χ4v) is 5.62. The first-order valence-corrected chi connectivity index (χ1v) is 15.1. The molecule has 41 heavy (non-hydrogen) atoms. The van der Waals surface area contributed by atoms with E-state index in [1.54, 1.807) is 19.0 Å². The van der Waals surface area contributed by atoms with E-state index in [0.29, 0.717) is 11.6 Å². The van der Waals surface area contributed by atoms with Crippen molar-refractivity contribution >= 4 is 17.3 Å². The number of amides is 1. The van der Waals surface area contributed by atoms with Crippen LogP contribution in [0, 0.1) is 0 Å². The molecule has 3 heterocycles. The van der Waals surface area contributed by atoms with E-state index < -0.39 is 5.66 Å². The number of aliphatic imine (C=N–C) groups is 1. The lowest BCUT2D eigenvalue weighted by molar-refractivity contribution is -0.124. The third kappa shape index (κ3) is 7.98. The van der Waals surface area contributed by atoms with Crippen molar-refractivity contribution in [2.75, 3.05) is 47.3 Å². The summed E-state index contributed by atoms with van der Waals surface area (Å²) in [4.78, 5) is 26.6. The predicted molar refractivity (Wildman–Crippen MR) is 174 cm³/mol. The molecule has 1 saturated heterocycles. The van der Waals surface area contributed by atoms with E-state index in [2.05, 4.69) is 59.5 Å². The number of nitrogens with two attached hydrogens (primary N) is 1. The van der Waals surface area contributed by atoms with Gasteiger partial charge in [0.1, 0.15) is 11.5 Å². The number of likely N-dealkylation sites (N-methyl/N-ethyl adjacent to an activating group) is 2. The largest absolute Gasteiger partial charge is 0.372 e. The molecule has 3 aliphatic heterocycles. The SMILES string of the molecule is C=C/C(=C\C(=C/C)C(=O)N(C)C)c1ccc2c(c1)CN(C1=NC(C)(N)CCC(N3CCN(C)CC3)=C1)C(C)C2.CC. The van der Waals surface area contributed by atoms with Gasteiger partial charge in [-0.25, -0.2) is 4.99 Å². The number of rotatable bonds is 5. The van der Waals surface area contributed by atoms with Gasteiger partial charge in [-0.1, -0.05) is 44.7 Å². The van der Waals surface area contributed by atoms with Crippen molar-refractivity contribution < 1.29 is 4.79 Å². The summed E-state index contributed by atoms with van der Waals surface area (Å²) in [5.74, 6) is 0.969. The van der Waals surface area contributed by atoms with E-state index in [1.165, 1.54) is 16.8 Å². The second-order valence-corrected chi connectivity index (χ2v) is 11.7. The average Bonchev–Trinajstić information content (AvgIpc) is 3.12. The van der Waals surface area contributed by atoms with Crippen molar-refractivity contribution in [2.24, 2.45) is 10.7 Å². The quantitative estimate of drug-likeness (QED) is 0.403. The van der Waals surface area contributed by atoms with Gasteiger partial charge < -0.3 is 25.3 Å². The maximum Gasteiger partial charge on any atom is 0.253 e. The molecule has 1 aromatic carbocycles. The van der Waals surface area contributed by atoms with Crippen LogP contribution < -0.4 is 5.73 Å². The lowest BCUT2D eigenvalue weighted by atomic mass is 9.90. The highest BCUT2D eigenvalue weighted by Crippen LogP contribution is 2.31. The van der Waals surface area contributed by atoms with Gasteiger partial charge in [0.2, 0.25) is 0 Å². The van der Waals surface area contributed by atoms with Crippen LogP contribution in [0.25, 0.3) is 5.57 Å². The highest BCUT2D eigenvalue weighted by atomic mass is 16.2. The molecule has 7 nitrogen and oxygen atoms in total. The topological polar surface area (TPSA) is 68.4 Å². The smallest absolute Gasteiger partial charge is 0.253 e. The molecular formula is C34H52N6O. The fraction of sp³-hybridized carbons (Fsp3) is 0.529. The van der Waals surface area contributed by atoms with Crippen molar-refractivity contribution in [2.45, 2.75) is 72.1 Å². The molecule has 0 spiro atoms. The highest BCUT2D eigenvalue weighted by Gasteiger charge is 2.31. The summed E-state index contributed by atoms with van der Waals surface area (Å²) >= 11 is 0. The number of fused-ring (bicyclic) bond motifs is 1. The summed E-state index contributed by atoms with van der Waals surface area (Å²) in [5.41, 5.74) is 12.7. The van der Waals surface area contributed by atoms with Crippen molar-refractivity contribution in [3.05, 3.63) is 77.0 Å². The van der Waals surface area contributed by atoms with Crippen molar-refractivity contribution in [3.63, 3.8) is 0 Å². The minimum absolute atomic E-state index is 0.0195. The molecule has 0 aromatic heterocycles. The average molecular weight is 561 g/mol. The number of allylic oxidation sites excluding steroid dienone is 4. The molecule has 1 fully saturated rings. The van der Waals surface area contributed by atoms with Crippen LogP contribution in [0.5, 0.6) is 0 Å². The molecule has 2 unspecified atom stereocenters. The molecule has 0 bridgehead atoms. The van der Waals surface area contributed by atoms with Crippen molar-refractivity contribution in [1.29, 1.82) is 0 Å². The number of piperazine rings is 1. The minimum atomic E-state index is -0.595. The second kappa shape index (κ2) is 14.1. The lowest BCUT2D eigenvalue weighted by Crippen LogP contribution is -2.45. The standard InChI is InChI=1S/C32H46N6O.C2H6/c1-8-24(19-25(9-2)31(39)35(5)6)27-11-10-26-18-23(3)38(22-28(26)20-27)30-21-29(12-13-32(4,33)34-30)37-16-14-36(7)15-17-37;1-2/h8-11,19-21,23H,1,12-18,22,33H2,2-7H3;1-2H3/b24-19+,25-9+;. The molecule has 1 aromatic rings. The van der Waals surface area contributed by atoms with Gasteiger partial charge in [-0.3, -0.25) is 4.79 Å². The Morgan fingerprint density at radius 1 is 1.17 bits per heavy atom. The van der Waals surface area contributed by atoms with Crippen molar-refractivity contribution in [1.82, 2.24) is 19.6 Å². The number of nitrogens with zero attached hydrogens (tertiary/aromatic N) is 5. The third-order valence-corrected chi connectivity index (χ3v) is 8.18. The Bertz CT molecular complexity index is 1210. The second-order valence-electron chi connectivity index (χ2n) is 11.7. The van der Waals surface area contributed by atoms with Crippen LogP contribution in [0.1, 0.15) is 64.2 Å². The van der Waals surface area contributed by atoms with Crippen LogP contribution in [0.15, 0.2) is 65.3 Å². The van der Waals surface area contributed by atoms with E-state index >= 15 is 0 Å². The van der Waals surface area contributed by atoms with Crippen LogP contribution in [0.4, 0.5) is 0 Å². The zero-order valence-electron chi connectivity index (χ0n) is 26.7. The van der Waals surface area contributed by atoms with Crippen LogP contribution in [-0.4, -0.2) is 90.4 Å². The molecule has 4 rings (SSSR count). The maximum absolute atomic E-state index is 12.6. The Morgan fingerprint density at radius 2 is 1.85 bits per heavy atom. The highest BCUT2D eigenvalue weighted by molar-refractivity contribution is 5.98. The van der Waals surface area contributed by atoms with Crippen LogP contribution in [0.3, 0.4) is 0 Å². The number of hydrogen-bond acceptors (Lipinski definition) is 6. The van der Waals surface area contributed by atoms with Gasteiger partial charge in [0, 0.05) is 64.1 Å². The summed E-state index contributed by atoms with van der Waals surface area (Å²) in [6.45, 7) is 19.3. The molecule has 3 aliphatic rings. The molecular weight excluding hydrogens is 508 g/mol. The van der Waals surface area contributed by atoms with E-state index in [4.69, 9.17) is 10.7 Å². The summed E-state index contributed by atoms with van der Waals surface area (Å²) in [6.07, 6.45) is 10.6. The Balaban J connectivity index is 0.00000226. The summed E-state index contributed by atoms with van der Waals surface area (Å²) in [6, 6.07) is 6.93. The number of amidine groups is 1. The van der Waals surface area contributed by atoms with Gasteiger partial charge >= 0.3 is 0 Å². The van der Waals surface area contributed by atoms with Gasteiger partial charge in [0.25, 0.3) is 5.91 Å². The maximum atomic E-state index is 12.6. The summed E-state index contributed by atoms with van der Waals surface area (Å²) < 4.78 is 0. The Hall–Kier alpha value is -3.16. The summed E-state index contributed by atoms with van der Waals surface area (Å²) in [7, 11) is 5.73. The first-order chi connectivity index (χ1) is 19.5. The third-order valence-electron chi connectivity index (χ3n) is 8.18. The molecule has 7 heteroatoms. The molecule has 0 aliphatic carbocycles. The number of hydrogen-bond donors (Lipinski definition) is 1. The Kier molecular flexibility index (Phi) is 11.2. The van der Waals surface area contributed by atoms with E-state index in [9.17, 15) is 4.79 Å². The molecule has 2 atom stereocenters. The van der Waals surface area contributed by atoms with E-state index in [-0.39, 0.29) is 5.91 Å². The number of carbonyl (C=O) groups is 1. The zero-order chi connectivity index (χ0) is 30.3. The lowest BCUT2D eigenvalue weighted by Gasteiger charge is -2.38. The zero-order valence-corrected chi connectivity index (χ0v) is 26.7. The van der Waals surface area contributed by atoms with Gasteiger partial charge in [-0.05, 0) is 87.6 Å². The Morgan fingerprint density at radius 3 is 2.46 bits per heavy atom. The molecule has 224 valence electrons. The molecule has 0 saturated carbocycles. The van der Waals surface area contributed by atoms with Gasteiger partial charge in [0.15, 0.2) is 0 Å². The van der Waals surface area contributed by atoms with Crippen LogP contribution in [-0.2, 0) is 17.8 Å².